The number of esters is 1. The average Bonchev–Trinajstić information content (AvgIpc) is 3.39. The van der Waals surface area contributed by atoms with E-state index < -0.39 is 5.97 Å². The van der Waals surface area contributed by atoms with Crippen molar-refractivity contribution in [3.63, 3.8) is 0 Å². The topological polar surface area (TPSA) is 114 Å². The number of hydrogen-bond acceptors (Lipinski definition) is 9. The molecule has 5 aromatic rings. The third kappa shape index (κ3) is 5.37. The lowest BCUT2D eigenvalue weighted by atomic mass is 10.2. The molecule has 5 rings (SSSR count). The molecule has 0 saturated carbocycles. The molecular formula is C30H27N3O7. The van der Waals surface area contributed by atoms with Crippen molar-refractivity contribution in [1.82, 2.24) is 9.66 Å². The van der Waals surface area contributed by atoms with E-state index >= 15 is 0 Å². The fraction of sp³-hybridized carbons (Fsp3) is 0.200. The first-order valence-corrected chi connectivity index (χ1v) is 12.5. The second kappa shape index (κ2) is 11.3. The molecule has 0 fully saturated rings. The number of rotatable bonds is 9. The SMILES string of the molecule is COc1cc(C=Nn2c(-c3cc4ccccc4o3)nc3ccccc3c2=O)cc(OC)c1OCC(=O)OC(C)C. The summed E-state index contributed by atoms with van der Waals surface area (Å²) in [4.78, 5) is 30.2. The maximum atomic E-state index is 13.5. The number of para-hydroxylation sites is 2. The quantitative estimate of drug-likeness (QED) is 0.188. The number of aromatic nitrogens is 2. The molecule has 0 aliphatic carbocycles. The molecule has 3 aromatic carbocycles. The third-order valence-electron chi connectivity index (χ3n) is 5.91. The van der Waals surface area contributed by atoms with Crippen molar-refractivity contribution in [1.29, 1.82) is 0 Å². The van der Waals surface area contributed by atoms with Gasteiger partial charge in [-0.3, -0.25) is 4.79 Å². The summed E-state index contributed by atoms with van der Waals surface area (Å²) in [6.45, 7) is 3.18. The van der Waals surface area contributed by atoms with Gasteiger partial charge < -0.3 is 23.4 Å². The van der Waals surface area contributed by atoms with E-state index in [-0.39, 0.29) is 29.8 Å². The van der Waals surface area contributed by atoms with Gasteiger partial charge in [0.1, 0.15) is 5.58 Å². The second-order valence-corrected chi connectivity index (χ2v) is 9.04. The van der Waals surface area contributed by atoms with E-state index in [0.717, 1.165) is 5.39 Å². The van der Waals surface area contributed by atoms with Crippen LogP contribution in [0.25, 0.3) is 33.5 Å². The molecule has 0 bridgehead atoms. The number of nitrogens with zero attached hydrogens (tertiary/aromatic N) is 3. The number of carbonyl (C=O) groups is 1. The molecule has 0 spiro atoms. The first-order chi connectivity index (χ1) is 19.4. The minimum absolute atomic E-state index is 0.232. The fourth-order valence-corrected chi connectivity index (χ4v) is 4.15. The highest BCUT2D eigenvalue weighted by Crippen LogP contribution is 2.38. The lowest BCUT2D eigenvalue weighted by Crippen LogP contribution is -2.20. The molecule has 2 heterocycles. The van der Waals surface area contributed by atoms with Gasteiger partial charge in [0, 0.05) is 10.9 Å². The number of ether oxygens (including phenoxy) is 4. The van der Waals surface area contributed by atoms with Crippen LogP contribution in [0.2, 0.25) is 0 Å². The molecule has 0 aliphatic heterocycles. The third-order valence-corrected chi connectivity index (χ3v) is 5.91. The standard InChI is InChI=1S/C30H27N3O7/c1-18(2)39-27(34)17-38-28-24(36-3)13-19(14-25(28)37-4)16-31-33-29(26-15-20-9-5-8-12-23(20)40-26)32-22-11-7-6-10-21(22)30(33)35/h5-16,18H,17H2,1-4H3. The highest BCUT2D eigenvalue weighted by molar-refractivity contribution is 5.85. The highest BCUT2D eigenvalue weighted by atomic mass is 16.6. The smallest absolute Gasteiger partial charge is 0.344 e. The van der Waals surface area contributed by atoms with Gasteiger partial charge >= 0.3 is 5.97 Å². The van der Waals surface area contributed by atoms with Crippen LogP contribution in [0, 0.1) is 0 Å². The van der Waals surface area contributed by atoms with Crippen LogP contribution in [0.5, 0.6) is 17.2 Å². The largest absolute Gasteiger partial charge is 0.493 e. The summed E-state index contributed by atoms with van der Waals surface area (Å²) in [5.41, 5.74) is 1.37. The van der Waals surface area contributed by atoms with Crippen LogP contribution in [0.15, 0.2) is 81.0 Å². The van der Waals surface area contributed by atoms with Crippen LogP contribution in [0.4, 0.5) is 0 Å². The van der Waals surface area contributed by atoms with Gasteiger partial charge in [0.15, 0.2) is 23.9 Å². The number of hydrogen-bond donors (Lipinski definition) is 0. The summed E-state index contributed by atoms with van der Waals surface area (Å²) in [7, 11) is 2.93. The van der Waals surface area contributed by atoms with Gasteiger partial charge in [-0.05, 0) is 50.2 Å². The van der Waals surface area contributed by atoms with Crippen molar-refractivity contribution < 1.29 is 28.2 Å². The average molecular weight is 542 g/mol. The van der Waals surface area contributed by atoms with Crippen molar-refractivity contribution in [2.75, 3.05) is 20.8 Å². The molecule has 0 saturated heterocycles. The van der Waals surface area contributed by atoms with Gasteiger partial charge in [-0.25, -0.2) is 9.78 Å². The van der Waals surface area contributed by atoms with Gasteiger partial charge in [-0.1, -0.05) is 30.3 Å². The van der Waals surface area contributed by atoms with Crippen LogP contribution >= 0.6 is 0 Å². The Morgan fingerprint density at radius 2 is 1.73 bits per heavy atom. The molecule has 0 radical (unpaired) electrons. The predicted molar refractivity (Wildman–Crippen MR) is 150 cm³/mol. The Labute approximate surface area is 229 Å². The fourth-order valence-electron chi connectivity index (χ4n) is 4.15. The van der Waals surface area contributed by atoms with Crippen LogP contribution in [0.1, 0.15) is 19.4 Å². The van der Waals surface area contributed by atoms with Crippen LogP contribution in [-0.2, 0) is 9.53 Å². The zero-order chi connectivity index (χ0) is 28.2. The monoisotopic (exact) mass is 541 g/mol. The summed E-state index contributed by atoms with van der Waals surface area (Å²) in [5, 5.41) is 5.77. The molecule has 204 valence electrons. The van der Waals surface area contributed by atoms with Gasteiger partial charge in [0.05, 0.1) is 37.4 Å². The number of furan rings is 1. The van der Waals surface area contributed by atoms with E-state index in [1.165, 1.54) is 25.1 Å². The minimum atomic E-state index is -0.522. The molecule has 40 heavy (non-hydrogen) atoms. The Kier molecular flexibility index (Phi) is 7.50. The zero-order valence-electron chi connectivity index (χ0n) is 22.4. The summed E-state index contributed by atoms with van der Waals surface area (Å²) >= 11 is 0. The molecule has 0 aliphatic rings. The zero-order valence-corrected chi connectivity index (χ0v) is 22.4. The maximum absolute atomic E-state index is 13.5. The number of fused-ring (bicyclic) bond motifs is 2. The summed E-state index contributed by atoms with van der Waals surface area (Å²) in [6.07, 6.45) is 1.21. The Balaban J connectivity index is 1.56. The normalized spacial score (nSPS) is 11.4. The molecule has 0 amide bonds. The summed E-state index contributed by atoms with van der Waals surface area (Å²) < 4.78 is 29.0. The van der Waals surface area contributed by atoms with E-state index in [9.17, 15) is 9.59 Å². The lowest BCUT2D eigenvalue weighted by molar-refractivity contribution is -0.149. The van der Waals surface area contributed by atoms with E-state index in [0.29, 0.717) is 39.3 Å². The van der Waals surface area contributed by atoms with Crippen LogP contribution in [-0.4, -0.2) is 48.8 Å². The van der Waals surface area contributed by atoms with Gasteiger partial charge in [-0.2, -0.15) is 9.78 Å². The molecule has 0 unspecified atom stereocenters. The molecule has 0 atom stereocenters. The van der Waals surface area contributed by atoms with Crippen LogP contribution in [0.3, 0.4) is 0 Å². The maximum Gasteiger partial charge on any atom is 0.344 e. The molecule has 10 nitrogen and oxygen atoms in total. The second-order valence-electron chi connectivity index (χ2n) is 9.04. The van der Waals surface area contributed by atoms with Gasteiger partial charge in [0.25, 0.3) is 5.56 Å². The Bertz CT molecular complexity index is 1730. The first-order valence-electron chi connectivity index (χ1n) is 12.5. The molecular weight excluding hydrogens is 514 g/mol. The highest BCUT2D eigenvalue weighted by Gasteiger charge is 2.18. The van der Waals surface area contributed by atoms with Crippen molar-refractivity contribution in [2.45, 2.75) is 20.0 Å². The van der Waals surface area contributed by atoms with E-state index in [2.05, 4.69) is 5.10 Å². The Hall–Kier alpha value is -5.12. The molecule has 2 aromatic heterocycles. The first kappa shape index (κ1) is 26.5. The molecule has 10 heteroatoms. The van der Waals surface area contributed by atoms with E-state index in [4.69, 9.17) is 28.3 Å². The Morgan fingerprint density at radius 1 is 1.02 bits per heavy atom. The van der Waals surface area contributed by atoms with Crippen molar-refractivity contribution >= 4 is 34.1 Å². The minimum Gasteiger partial charge on any atom is -0.493 e. The number of benzene rings is 3. The van der Waals surface area contributed by atoms with Gasteiger partial charge in [0.2, 0.25) is 11.6 Å². The Morgan fingerprint density at radius 3 is 2.42 bits per heavy atom. The van der Waals surface area contributed by atoms with Crippen molar-refractivity contribution in [3.05, 3.63) is 82.6 Å². The van der Waals surface area contributed by atoms with Crippen molar-refractivity contribution in [2.24, 2.45) is 5.10 Å². The summed E-state index contributed by atoms with van der Waals surface area (Å²) in [6, 6.07) is 19.7. The number of carbonyl (C=O) groups excluding carboxylic acids is 1. The molecule has 0 N–H and O–H groups in total. The lowest BCUT2D eigenvalue weighted by Gasteiger charge is -2.15. The predicted octanol–water partition coefficient (Wildman–Crippen LogP) is 5.04. The van der Waals surface area contributed by atoms with Gasteiger partial charge in [-0.15, -0.1) is 0 Å². The van der Waals surface area contributed by atoms with E-state index in [1.54, 1.807) is 44.2 Å². The summed E-state index contributed by atoms with van der Waals surface area (Å²) in [5.74, 6) is 0.966. The van der Waals surface area contributed by atoms with Crippen molar-refractivity contribution in [3.8, 4) is 28.8 Å². The van der Waals surface area contributed by atoms with E-state index in [1.807, 2.05) is 36.4 Å². The number of methoxy groups -OCH3 is 2. The van der Waals surface area contributed by atoms with Crippen LogP contribution < -0.4 is 19.8 Å².